The average molecular weight is 277 g/mol. The van der Waals surface area contributed by atoms with Crippen molar-refractivity contribution in [3.8, 4) is 0 Å². The number of carbonyl (C=O) groups excluding carboxylic acids is 2. The fourth-order valence-electron chi connectivity index (χ4n) is 1.55. The second kappa shape index (κ2) is 8.32. The van der Waals surface area contributed by atoms with Crippen LogP contribution in [0.25, 0.3) is 0 Å². The van der Waals surface area contributed by atoms with Crippen LogP contribution >= 0.6 is 0 Å². The van der Waals surface area contributed by atoms with Crippen LogP contribution in [-0.2, 0) is 9.59 Å². The largest absolute Gasteiger partial charge is 0.355 e. The third kappa shape index (κ3) is 5.84. The summed E-state index contributed by atoms with van der Waals surface area (Å²) in [6.45, 7) is 6.51. The Kier molecular flexibility index (Phi) is 6.73. The van der Waals surface area contributed by atoms with Gasteiger partial charge in [0.2, 0.25) is 11.8 Å². The molecule has 0 bridgehead atoms. The van der Waals surface area contributed by atoms with Crippen molar-refractivity contribution in [1.82, 2.24) is 10.6 Å². The number of amides is 2. The molecule has 0 aliphatic heterocycles. The molecule has 1 aromatic carbocycles. The number of anilines is 1. The lowest BCUT2D eigenvalue weighted by molar-refractivity contribution is -0.121. The van der Waals surface area contributed by atoms with Gasteiger partial charge in [0.1, 0.15) is 0 Å². The van der Waals surface area contributed by atoms with E-state index >= 15 is 0 Å². The number of rotatable bonds is 7. The number of hydrogen-bond acceptors (Lipinski definition) is 3. The van der Waals surface area contributed by atoms with Crippen molar-refractivity contribution >= 4 is 17.5 Å². The zero-order chi connectivity index (χ0) is 15.0. The highest BCUT2D eigenvalue weighted by molar-refractivity contribution is 5.94. The summed E-state index contributed by atoms with van der Waals surface area (Å²) in [7, 11) is 0. The predicted molar refractivity (Wildman–Crippen MR) is 80.6 cm³/mol. The van der Waals surface area contributed by atoms with Crippen LogP contribution in [0, 0.1) is 6.92 Å². The minimum Gasteiger partial charge on any atom is -0.355 e. The summed E-state index contributed by atoms with van der Waals surface area (Å²) in [6, 6.07) is 7.16. The molecule has 110 valence electrons. The summed E-state index contributed by atoms with van der Waals surface area (Å²) in [5.41, 5.74) is 1.89. The molecule has 0 spiro atoms. The molecule has 1 rings (SSSR count). The standard InChI is InChI=1S/C15H23N3O2/c1-4-9-16-14(19)10-17-12(3)15(20)18-13-7-5-11(2)6-8-13/h5-8,12,17H,4,9-10H2,1-3H3,(H,16,19)(H,18,20). The molecule has 0 aromatic heterocycles. The van der Waals surface area contributed by atoms with E-state index in [-0.39, 0.29) is 18.4 Å². The highest BCUT2D eigenvalue weighted by atomic mass is 16.2. The van der Waals surface area contributed by atoms with Crippen LogP contribution in [0.15, 0.2) is 24.3 Å². The van der Waals surface area contributed by atoms with Crippen LogP contribution < -0.4 is 16.0 Å². The monoisotopic (exact) mass is 277 g/mol. The molecule has 20 heavy (non-hydrogen) atoms. The Balaban J connectivity index is 2.35. The van der Waals surface area contributed by atoms with E-state index in [1.54, 1.807) is 6.92 Å². The van der Waals surface area contributed by atoms with E-state index in [0.29, 0.717) is 6.54 Å². The number of nitrogens with one attached hydrogen (secondary N) is 3. The molecule has 0 radical (unpaired) electrons. The van der Waals surface area contributed by atoms with Gasteiger partial charge in [-0.1, -0.05) is 24.6 Å². The van der Waals surface area contributed by atoms with Crippen LogP contribution in [0.1, 0.15) is 25.8 Å². The van der Waals surface area contributed by atoms with Gasteiger partial charge in [-0.15, -0.1) is 0 Å². The molecule has 3 N–H and O–H groups in total. The molecule has 0 heterocycles. The van der Waals surface area contributed by atoms with Gasteiger partial charge in [0.15, 0.2) is 0 Å². The number of hydrogen-bond donors (Lipinski definition) is 3. The lowest BCUT2D eigenvalue weighted by Crippen LogP contribution is -2.43. The molecule has 1 aromatic rings. The summed E-state index contributed by atoms with van der Waals surface area (Å²) in [5.74, 6) is -0.251. The Bertz CT molecular complexity index is 443. The molecule has 0 saturated heterocycles. The molecule has 1 atom stereocenters. The first-order valence-corrected chi connectivity index (χ1v) is 6.90. The molecule has 1 unspecified atom stereocenters. The van der Waals surface area contributed by atoms with Gasteiger partial charge >= 0.3 is 0 Å². The third-order valence-electron chi connectivity index (χ3n) is 2.85. The van der Waals surface area contributed by atoms with Crippen molar-refractivity contribution in [1.29, 1.82) is 0 Å². The van der Waals surface area contributed by atoms with Crippen molar-refractivity contribution in [2.75, 3.05) is 18.4 Å². The van der Waals surface area contributed by atoms with Crippen LogP contribution in [0.3, 0.4) is 0 Å². The molecule has 0 fully saturated rings. The first-order valence-electron chi connectivity index (χ1n) is 6.90. The molecular formula is C15H23N3O2. The van der Waals surface area contributed by atoms with Crippen molar-refractivity contribution in [2.24, 2.45) is 0 Å². The second-order valence-corrected chi connectivity index (χ2v) is 4.81. The van der Waals surface area contributed by atoms with E-state index in [0.717, 1.165) is 17.7 Å². The van der Waals surface area contributed by atoms with Gasteiger partial charge in [-0.2, -0.15) is 0 Å². The van der Waals surface area contributed by atoms with Gasteiger partial charge in [-0.25, -0.2) is 0 Å². The molecule has 5 nitrogen and oxygen atoms in total. The smallest absolute Gasteiger partial charge is 0.241 e. The van der Waals surface area contributed by atoms with Crippen molar-refractivity contribution < 1.29 is 9.59 Å². The second-order valence-electron chi connectivity index (χ2n) is 4.81. The third-order valence-corrected chi connectivity index (χ3v) is 2.85. The minimum atomic E-state index is -0.427. The van der Waals surface area contributed by atoms with Gasteiger partial charge in [0.05, 0.1) is 12.6 Å². The first kappa shape index (κ1) is 16.2. The fraction of sp³-hybridized carbons (Fsp3) is 0.467. The maximum Gasteiger partial charge on any atom is 0.241 e. The average Bonchev–Trinajstić information content (AvgIpc) is 2.44. The van der Waals surface area contributed by atoms with Crippen LogP contribution in [0.2, 0.25) is 0 Å². The van der Waals surface area contributed by atoms with Gasteiger partial charge in [0.25, 0.3) is 0 Å². The lowest BCUT2D eigenvalue weighted by Gasteiger charge is -2.14. The fourth-order valence-corrected chi connectivity index (χ4v) is 1.55. The van der Waals surface area contributed by atoms with E-state index in [1.165, 1.54) is 0 Å². The highest BCUT2D eigenvalue weighted by Gasteiger charge is 2.13. The molecule has 2 amide bonds. The van der Waals surface area contributed by atoms with Gasteiger partial charge in [-0.05, 0) is 32.4 Å². The maximum atomic E-state index is 11.9. The van der Waals surface area contributed by atoms with Crippen molar-refractivity contribution in [2.45, 2.75) is 33.2 Å². The van der Waals surface area contributed by atoms with E-state index in [9.17, 15) is 9.59 Å². The number of aryl methyl sites for hydroxylation is 1. The number of benzene rings is 1. The van der Waals surface area contributed by atoms with E-state index in [4.69, 9.17) is 0 Å². The van der Waals surface area contributed by atoms with E-state index in [2.05, 4.69) is 16.0 Å². The SMILES string of the molecule is CCCNC(=O)CNC(C)C(=O)Nc1ccc(C)cc1. The van der Waals surface area contributed by atoms with Gasteiger partial charge in [-0.3, -0.25) is 14.9 Å². The summed E-state index contributed by atoms with van der Waals surface area (Å²) in [4.78, 5) is 23.3. The lowest BCUT2D eigenvalue weighted by atomic mass is 10.2. The Morgan fingerprint density at radius 3 is 2.45 bits per heavy atom. The Labute approximate surface area is 120 Å². The minimum absolute atomic E-state index is 0.0955. The van der Waals surface area contributed by atoms with Crippen LogP contribution in [-0.4, -0.2) is 30.9 Å². The van der Waals surface area contributed by atoms with Crippen molar-refractivity contribution in [3.05, 3.63) is 29.8 Å². The quantitative estimate of drug-likeness (QED) is 0.706. The molecule has 0 aliphatic rings. The molecule has 0 saturated carbocycles. The topological polar surface area (TPSA) is 70.2 Å². The Morgan fingerprint density at radius 2 is 1.85 bits per heavy atom. The van der Waals surface area contributed by atoms with Gasteiger partial charge in [0, 0.05) is 12.2 Å². The number of carbonyl (C=O) groups is 2. The zero-order valence-corrected chi connectivity index (χ0v) is 12.3. The summed E-state index contributed by atoms with van der Waals surface area (Å²) in [5, 5.41) is 8.45. The summed E-state index contributed by atoms with van der Waals surface area (Å²) >= 11 is 0. The molecular weight excluding hydrogens is 254 g/mol. The van der Waals surface area contributed by atoms with Gasteiger partial charge < -0.3 is 10.6 Å². The summed E-state index contributed by atoms with van der Waals surface area (Å²) in [6.07, 6.45) is 0.898. The first-order chi connectivity index (χ1) is 9.52. The Morgan fingerprint density at radius 1 is 1.20 bits per heavy atom. The van der Waals surface area contributed by atoms with Crippen LogP contribution in [0.4, 0.5) is 5.69 Å². The van der Waals surface area contributed by atoms with E-state index in [1.807, 2.05) is 38.1 Å². The predicted octanol–water partition coefficient (Wildman–Crippen LogP) is 1.44. The van der Waals surface area contributed by atoms with Crippen LogP contribution in [0.5, 0.6) is 0 Å². The Hall–Kier alpha value is -1.88. The zero-order valence-electron chi connectivity index (χ0n) is 12.3. The van der Waals surface area contributed by atoms with E-state index < -0.39 is 6.04 Å². The maximum absolute atomic E-state index is 11.9. The summed E-state index contributed by atoms with van der Waals surface area (Å²) < 4.78 is 0. The normalized spacial score (nSPS) is 11.8. The molecule has 5 heteroatoms. The highest BCUT2D eigenvalue weighted by Crippen LogP contribution is 2.08. The van der Waals surface area contributed by atoms with Crippen molar-refractivity contribution in [3.63, 3.8) is 0 Å². The molecule has 0 aliphatic carbocycles.